The van der Waals surface area contributed by atoms with Gasteiger partial charge in [-0.1, -0.05) is 12.2 Å². The van der Waals surface area contributed by atoms with E-state index < -0.39 is 15.4 Å². The maximum atomic E-state index is 11.0. The second kappa shape index (κ2) is 5.95. The molecule has 1 N–H and O–H groups in total. The number of rotatable bonds is 7. The maximum absolute atomic E-state index is 11.0. The summed E-state index contributed by atoms with van der Waals surface area (Å²) in [6, 6.07) is 0. The molecule has 6 heteroatoms. The lowest BCUT2D eigenvalue weighted by molar-refractivity contribution is -0.934. The summed E-state index contributed by atoms with van der Waals surface area (Å²) in [7, 11) is -0.258. The van der Waals surface area contributed by atoms with Gasteiger partial charge in [-0.25, -0.2) is 0 Å². The van der Waals surface area contributed by atoms with Gasteiger partial charge in [0.1, 0.15) is 5.25 Å². The molecule has 0 rings (SSSR count). The van der Waals surface area contributed by atoms with E-state index in [1.165, 1.54) is 6.92 Å². The number of quaternary nitrogens is 1. The second-order valence-electron chi connectivity index (χ2n) is 5.15. The molecule has 2 atom stereocenters. The van der Waals surface area contributed by atoms with E-state index in [-0.39, 0.29) is 12.8 Å². The Labute approximate surface area is 104 Å². The van der Waals surface area contributed by atoms with Crippen LogP contribution in [0.3, 0.4) is 0 Å². The van der Waals surface area contributed by atoms with E-state index >= 15 is 0 Å². The van der Waals surface area contributed by atoms with Crippen molar-refractivity contribution in [2.45, 2.75) is 32.2 Å². The van der Waals surface area contributed by atoms with E-state index in [1.807, 2.05) is 27.9 Å². The van der Waals surface area contributed by atoms with Crippen LogP contribution in [0.4, 0.5) is 0 Å². The summed E-state index contributed by atoms with van der Waals surface area (Å²) in [6.45, 7) is 9.71. The molecule has 102 valence electrons. The van der Waals surface area contributed by atoms with Crippen LogP contribution in [0, 0.1) is 0 Å². The summed E-state index contributed by atoms with van der Waals surface area (Å²) in [5, 5.41) is -0.812. The van der Waals surface area contributed by atoms with Crippen molar-refractivity contribution < 1.29 is 22.2 Å². The number of hydrogen-bond donors (Lipinski definition) is 1. The maximum Gasteiger partial charge on any atom is 0.273 e. The van der Waals surface area contributed by atoms with Gasteiger partial charge in [-0.05, 0) is 13.8 Å². The van der Waals surface area contributed by atoms with E-state index in [1.54, 1.807) is 0 Å². The monoisotopic (exact) mass is 266 g/mol. The van der Waals surface area contributed by atoms with E-state index in [9.17, 15) is 8.42 Å². The average Bonchev–Trinajstić information content (AvgIpc) is 2.11. The Balaban J connectivity index is 4.51. The topological polar surface area (TPSA) is 63.6 Å². The third-order valence-electron chi connectivity index (χ3n) is 2.79. The molecule has 0 aromatic rings. The van der Waals surface area contributed by atoms with Crippen molar-refractivity contribution in [2.24, 2.45) is 0 Å². The number of ether oxygens (including phenoxy) is 1. The smallest absolute Gasteiger partial charge is 0.273 e. The molecule has 0 fully saturated rings. The van der Waals surface area contributed by atoms with Crippen molar-refractivity contribution >= 4 is 10.1 Å². The molecular weight excluding hydrogens is 242 g/mol. The molecule has 0 aliphatic carbocycles. The highest BCUT2D eigenvalue weighted by Crippen LogP contribution is 2.13. The Morgan fingerprint density at radius 3 is 2.24 bits per heavy atom. The van der Waals surface area contributed by atoms with Gasteiger partial charge < -0.3 is 9.22 Å². The van der Waals surface area contributed by atoms with Crippen molar-refractivity contribution in [1.29, 1.82) is 0 Å². The fraction of sp³-hybridized carbons (Fsp3) is 0.818. The summed E-state index contributed by atoms with van der Waals surface area (Å²) in [5.41, 5.74) is 0.916. The lowest BCUT2D eigenvalue weighted by Gasteiger charge is -2.36. The Bertz CT molecular complexity index is 362. The molecule has 0 saturated heterocycles. The van der Waals surface area contributed by atoms with Gasteiger partial charge in [-0.15, -0.1) is 0 Å². The number of hydrogen-bond acceptors (Lipinski definition) is 3. The molecule has 0 amide bonds. The van der Waals surface area contributed by atoms with Gasteiger partial charge in [-0.2, -0.15) is 8.42 Å². The van der Waals surface area contributed by atoms with Gasteiger partial charge in [-0.3, -0.25) is 4.55 Å². The van der Waals surface area contributed by atoms with Crippen LogP contribution in [0.25, 0.3) is 0 Å². The first-order chi connectivity index (χ1) is 7.47. The van der Waals surface area contributed by atoms with Crippen molar-refractivity contribution in [1.82, 2.24) is 0 Å². The molecule has 0 spiro atoms. The summed E-state index contributed by atoms with van der Waals surface area (Å²) in [5.74, 6) is 0. The highest BCUT2D eigenvalue weighted by atomic mass is 32.2. The minimum atomic E-state index is -3.99. The first kappa shape index (κ1) is 16.6. The molecule has 0 aliphatic rings. The van der Waals surface area contributed by atoms with Crippen LogP contribution in [0.15, 0.2) is 12.2 Å². The minimum Gasteiger partial charge on any atom is -0.325 e. The Hall–Kier alpha value is -0.430. The summed E-state index contributed by atoms with van der Waals surface area (Å²) < 4.78 is 36.9. The summed E-state index contributed by atoms with van der Waals surface area (Å²) in [6.07, 6.45) is -0.170. The summed E-state index contributed by atoms with van der Waals surface area (Å²) in [4.78, 5) is 0. The van der Waals surface area contributed by atoms with Crippen LogP contribution in [0.5, 0.6) is 0 Å². The van der Waals surface area contributed by atoms with Gasteiger partial charge in [0, 0.05) is 6.92 Å². The van der Waals surface area contributed by atoms with Crippen LogP contribution in [-0.4, -0.2) is 56.2 Å². The zero-order valence-electron chi connectivity index (χ0n) is 11.3. The Kier molecular flexibility index (Phi) is 5.80. The van der Waals surface area contributed by atoms with Gasteiger partial charge in [0.05, 0.1) is 27.2 Å². The van der Waals surface area contributed by atoms with Crippen molar-refractivity contribution in [3.05, 3.63) is 12.2 Å². The van der Waals surface area contributed by atoms with Crippen LogP contribution in [-0.2, 0) is 14.9 Å². The second-order valence-corrected chi connectivity index (χ2v) is 6.99. The molecule has 0 aromatic heterocycles. The molecule has 2 unspecified atom stereocenters. The van der Waals surface area contributed by atoms with Crippen LogP contribution in [0.1, 0.15) is 20.8 Å². The quantitative estimate of drug-likeness (QED) is 0.326. The zero-order chi connectivity index (χ0) is 13.9. The van der Waals surface area contributed by atoms with Crippen LogP contribution < -0.4 is 0 Å². The molecule has 5 nitrogen and oxygen atoms in total. The van der Waals surface area contributed by atoms with Crippen molar-refractivity contribution in [2.75, 3.05) is 27.2 Å². The predicted octanol–water partition coefficient (Wildman–Crippen LogP) is 1.28. The third kappa shape index (κ3) is 6.16. The highest BCUT2D eigenvalue weighted by molar-refractivity contribution is 7.86. The molecule has 17 heavy (non-hydrogen) atoms. The van der Waals surface area contributed by atoms with Crippen LogP contribution in [0.2, 0.25) is 0 Å². The molecule has 0 saturated carbocycles. The summed E-state index contributed by atoms with van der Waals surface area (Å²) >= 11 is 0. The zero-order valence-corrected chi connectivity index (χ0v) is 12.1. The highest BCUT2D eigenvalue weighted by Gasteiger charge is 2.31. The first-order valence-corrected chi connectivity index (χ1v) is 7.02. The van der Waals surface area contributed by atoms with E-state index in [2.05, 4.69) is 6.58 Å². The molecule has 0 radical (unpaired) electrons. The van der Waals surface area contributed by atoms with Crippen LogP contribution >= 0.6 is 0 Å². The van der Waals surface area contributed by atoms with E-state index in [0.29, 0.717) is 11.1 Å². The Morgan fingerprint density at radius 1 is 1.41 bits per heavy atom. The van der Waals surface area contributed by atoms with E-state index in [0.717, 1.165) is 5.57 Å². The molecular formula is C11H24NO4S+. The predicted molar refractivity (Wildman–Crippen MR) is 68.2 cm³/mol. The fourth-order valence-electron chi connectivity index (χ4n) is 1.37. The molecule has 0 heterocycles. The lowest BCUT2D eigenvalue weighted by Crippen LogP contribution is -2.53. The largest absolute Gasteiger partial charge is 0.325 e. The third-order valence-corrected chi connectivity index (χ3v) is 3.96. The minimum absolute atomic E-state index is 0.170. The van der Waals surface area contributed by atoms with Gasteiger partial charge >= 0.3 is 0 Å². The molecule has 0 bridgehead atoms. The fourth-order valence-corrected chi connectivity index (χ4v) is 1.94. The van der Waals surface area contributed by atoms with E-state index in [4.69, 9.17) is 9.29 Å². The van der Waals surface area contributed by atoms with Gasteiger partial charge in [0.15, 0.2) is 6.23 Å². The van der Waals surface area contributed by atoms with Gasteiger partial charge in [0.2, 0.25) is 0 Å². The normalized spacial score (nSPS) is 16.6. The SMILES string of the molecule is C=C(C)COC(C)[N+](C)(C)CC(C)S(=O)(=O)O. The first-order valence-electron chi connectivity index (χ1n) is 5.51. The average molecular weight is 266 g/mol. The Morgan fingerprint density at radius 2 is 1.88 bits per heavy atom. The lowest BCUT2D eigenvalue weighted by atomic mass is 10.3. The molecule has 0 aliphatic heterocycles. The number of nitrogens with zero attached hydrogens (tertiary/aromatic N) is 1. The standard InChI is InChI=1S/C11H23NO4S/c1-9(2)8-16-11(4)12(5,6)7-10(3)17(13,14)15/h10-11H,1,7-8H2,2-6H3/p+1. The molecule has 0 aromatic carbocycles. The van der Waals surface area contributed by atoms with Crippen molar-refractivity contribution in [3.63, 3.8) is 0 Å². The van der Waals surface area contributed by atoms with Crippen molar-refractivity contribution in [3.8, 4) is 0 Å². The van der Waals surface area contributed by atoms with Gasteiger partial charge in [0.25, 0.3) is 10.1 Å².